The molecule has 6 nitrogen and oxygen atoms in total. The van der Waals surface area contributed by atoms with E-state index in [1.54, 1.807) is 30.3 Å². The van der Waals surface area contributed by atoms with Crippen LogP contribution in [0.4, 0.5) is 5.69 Å². The maximum Gasteiger partial charge on any atom is 0.337 e. The quantitative estimate of drug-likeness (QED) is 0.626. The average Bonchev–Trinajstić information content (AvgIpc) is 2.35. The number of para-hydroxylation sites is 1. The van der Waals surface area contributed by atoms with Gasteiger partial charge >= 0.3 is 5.97 Å². The lowest BCUT2D eigenvalue weighted by atomic mass is 10.3. The third kappa shape index (κ3) is 5.38. The smallest absolute Gasteiger partial charge is 0.337 e. The maximum absolute atomic E-state index is 11.7. The minimum absolute atomic E-state index is 0.0378. The Labute approximate surface area is 118 Å². The van der Waals surface area contributed by atoms with E-state index in [-0.39, 0.29) is 12.5 Å². The molecule has 1 amide bonds. The zero-order valence-electron chi connectivity index (χ0n) is 11.9. The number of nitrogens with zero attached hydrogens (tertiary/aromatic N) is 1. The van der Waals surface area contributed by atoms with Gasteiger partial charge in [0.05, 0.1) is 12.1 Å². The van der Waals surface area contributed by atoms with Gasteiger partial charge in [0.1, 0.15) is 6.23 Å². The molecule has 2 N–H and O–H groups in total. The van der Waals surface area contributed by atoms with Crippen molar-refractivity contribution in [1.29, 1.82) is 0 Å². The Bertz CT molecular complexity index is 448. The van der Waals surface area contributed by atoms with E-state index in [1.807, 2.05) is 13.8 Å². The van der Waals surface area contributed by atoms with E-state index in [1.165, 1.54) is 6.92 Å². The zero-order valence-corrected chi connectivity index (χ0v) is 11.9. The first-order valence-electron chi connectivity index (χ1n) is 6.40. The molecule has 1 aromatic carbocycles. The van der Waals surface area contributed by atoms with Crippen LogP contribution in [0.25, 0.3) is 0 Å². The van der Waals surface area contributed by atoms with Crippen LogP contribution in [0.3, 0.4) is 0 Å². The molecule has 0 spiro atoms. The maximum atomic E-state index is 11.7. The number of anilines is 1. The summed E-state index contributed by atoms with van der Waals surface area (Å²) in [5, 5.41) is 13.3. The second-order valence-electron chi connectivity index (χ2n) is 4.65. The summed E-state index contributed by atoms with van der Waals surface area (Å²) in [6.45, 7) is 4.99. The van der Waals surface area contributed by atoms with Crippen LogP contribution >= 0.6 is 0 Å². The van der Waals surface area contributed by atoms with E-state index in [0.29, 0.717) is 5.69 Å². The molecule has 0 aromatic heterocycles. The lowest BCUT2D eigenvalue weighted by Crippen LogP contribution is -2.39. The molecule has 0 bridgehead atoms. The lowest BCUT2D eigenvalue weighted by Gasteiger charge is -2.21. The monoisotopic (exact) mass is 280 g/mol. The van der Waals surface area contributed by atoms with E-state index >= 15 is 0 Å². The normalized spacial score (nSPS) is 12.1. The third-order valence-corrected chi connectivity index (χ3v) is 2.36. The second-order valence-corrected chi connectivity index (χ2v) is 4.65. The number of hydrogen-bond donors (Lipinski definition) is 2. The molecular formula is C14H20N2O4. The first-order chi connectivity index (χ1) is 9.40. The van der Waals surface area contributed by atoms with Gasteiger partial charge in [-0.1, -0.05) is 18.2 Å². The zero-order chi connectivity index (χ0) is 15.1. The van der Waals surface area contributed by atoms with Crippen molar-refractivity contribution in [2.45, 2.75) is 39.5 Å². The molecule has 6 heteroatoms. The van der Waals surface area contributed by atoms with Gasteiger partial charge in [0.25, 0.3) is 5.91 Å². The second kappa shape index (κ2) is 7.62. The van der Waals surface area contributed by atoms with Crippen molar-refractivity contribution in [3.8, 4) is 0 Å². The van der Waals surface area contributed by atoms with Gasteiger partial charge in [0.15, 0.2) is 0 Å². The number of hydrogen-bond acceptors (Lipinski definition) is 5. The summed E-state index contributed by atoms with van der Waals surface area (Å²) in [5.41, 5.74) is 0.458. The van der Waals surface area contributed by atoms with Crippen molar-refractivity contribution in [2.24, 2.45) is 0 Å². The van der Waals surface area contributed by atoms with Crippen molar-refractivity contribution >= 4 is 17.6 Å². The van der Waals surface area contributed by atoms with Crippen LogP contribution in [-0.4, -0.2) is 29.3 Å². The molecule has 0 saturated heterocycles. The summed E-state index contributed by atoms with van der Waals surface area (Å²) in [6.07, 6.45) is -1.25. The van der Waals surface area contributed by atoms with E-state index in [0.717, 1.165) is 5.06 Å². The number of amides is 1. The predicted molar refractivity (Wildman–Crippen MR) is 74.6 cm³/mol. The topological polar surface area (TPSA) is 78.9 Å². The molecule has 20 heavy (non-hydrogen) atoms. The first-order valence-corrected chi connectivity index (χ1v) is 6.40. The minimum Gasteiger partial charge on any atom is -0.378 e. The van der Waals surface area contributed by atoms with Crippen molar-refractivity contribution in [1.82, 2.24) is 5.32 Å². The molecule has 0 aliphatic rings. The number of carbonyl (C=O) groups excluding carboxylic acids is 2. The van der Waals surface area contributed by atoms with Crippen molar-refractivity contribution in [2.75, 3.05) is 5.06 Å². The molecule has 1 aromatic rings. The molecule has 1 atom stereocenters. The Hall–Kier alpha value is -1.92. The van der Waals surface area contributed by atoms with Crippen LogP contribution in [0.5, 0.6) is 0 Å². The van der Waals surface area contributed by atoms with Gasteiger partial charge in [-0.3, -0.25) is 10.1 Å². The largest absolute Gasteiger partial charge is 0.378 e. The summed E-state index contributed by atoms with van der Waals surface area (Å²) < 4.78 is 0. The fourth-order valence-electron chi connectivity index (χ4n) is 1.60. The van der Waals surface area contributed by atoms with Crippen molar-refractivity contribution in [3.05, 3.63) is 30.3 Å². The van der Waals surface area contributed by atoms with E-state index in [4.69, 9.17) is 4.84 Å². The Kier molecular flexibility index (Phi) is 6.14. The molecule has 1 rings (SSSR count). The van der Waals surface area contributed by atoms with Crippen LogP contribution in [0.15, 0.2) is 30.3 Å². The summed E-state index contributed by atoms with van der Waals surface area (Å²) in [6, 6.07) is 8.59. The number of benzene rings is 1. The third-order valence-electron chi connectivity index (χ3n) is 2.36. The predicted octanol–water partition coefficient (Wildman–Crippen LogP) is 1.20. The van der Waals surface area contributed by atoms with Gasteiger partial charge in [-0.15, -0.1) is 5.06 Å². The molecule has 110 valence electrons. The van der Waals surface area contributed by atoms with Crippen LogP contribution in [0, 0.1) is 0 Å². The Morgan fingerprint density at radius 2 is 1.90 bits per heavy atom. The van der Waals surface area contributed by atoms with Gasteiger partial charge in [-0.2, -0.15) is 0 Å². The molecule has 0 aliphatic heterocycles. The highest BCUT2D eigenvalue weighted by atomic mass is 16.7. The highest BCUT2D eigenvalue weighted by molar-refractivity contribution is 5.91. The highest BCUT2D eigenvalue weighted by Crippen LogP contribution is 2.14. The molecular weight excluding hydrogens is 260 g/mol. The number of carbonyl (C=O) groups is 2. The highest BCUT2D eigenvalue weighted by Gasteiger charge is 2.19. The summed E-state index contributed by atoms with van der Waals surface area (Å²) in [7, 11) is 0. The van der Waals surface area contributed by atoms with Crippen LogP contribution in [0.2, 0.25) is 0 Å². The summed E-state index contributed by atoms with van der Waals surface area (Å²) in [5.74, 6) is -1.11. The van der Waals surface area contributed by atoms with Crippen LogP contribution < -0.4 is 10.4 Å². The standard InChI is InChI=1S/C14H20N2O4/c1-10(2)15-13(18)9-14(19)20-16(11(3)17)12-7-5-4-6-8-12/h4-8,10,13,15,18H,9H2,1-3H3. The summed E-state index contributed by atoms with van der Waals surface area (Å²) >= 11 is 0. The summed E-state index contributed by atoms with van der Waals surface area (Å²) in [4.78, 5) is 28.2. The Balaban J connectivity index is 2.63. The van der Waals surface area contributed by atoms with Crippen LogP contribution in [-0.2, 0) is 14.4 Å². The number of rotatable bonds is 5. The van der Waals surface area contributed by atoms with Gasteiger partial charge in [-0.25, -0.2) is 4.79 Å². The number of hydroxylamine groups is 1. The fraction of sp³-hybridized carbons (Fsp3) is 0.429. The van der Waals surface area contributed by atoms with Gasteiger partial charge in [0.2, 0.25) is 0 Å². The van der Waals surface area contributed by atoms with Crippen LogP contribution in [0.1, 0.15) is 27.2 Å². The molecule has 0 aliphatic carbocycles. The van der Waals surface area contributed by atoms with Gasteiger partial charge < -0.3 is 9.94 Å². The minimum atomic E-state index is -1.01. The number of aliphatic hydroxyl groups excluding tert-OH is 1. The SMILES string of the molecule is CC(=O)N(OC(=O)CC(O)NC(C)C)c1ccccc1. The Morgan fingerprint density at radius 3 is 2.40 bits per heavy atom. The van der Waals surface area contributed by atoms with Gasteiger partial charge in [-0.05, 0) is 26.0 Å². The average molecular weight is 280 g/mol. The van der Waals surface area contributed by atoms with E-state index in [9.17, 15) is 14.7 Å². The van der Waals surface area contributed by atoms with E-state index in [2.05, 4.69) is 5.32 Å². The van der Waals surface area contributed by atoms with Crippen molar-refractivity contribution < 1.29 is 19.5 Å². The molecule has 0 fully saturated rings. The van der Waals surface area contributed by atoms with Crippen molar-refractivity contribution in [3.63, 3.8) is 0 Å². The molecule has 1 unspecified atom stereocenters. The molecule has 0 saturated carbocycles. The lowest BCUT2D eigenvalue weighted by molar-refractivity contribution is -0.152. The van der Waals surface area contributed by atoms with E-state index < -0.39 is 18.1 Å². The fourth-order valence-corrected chi connectivity index (χ4v) is 1.60. The molecule has 0 heterocycles. The molecule has 0 radical (unpaired) electrons. The van der Waals surface area contributed by atoms with Gasteiger partial charge in [0, 0.05) is 13.0 Å². The Morgan fingerprint density at radius 1 is 1.30 bits per heavy atom. The first kappa shape index (κ1) is 16.1. The number of nitrogens with one attached hydrogen (secondary N) is 1. The number of aliphatic hydroxyl groups is 1.